The minimum Gasteiger partial charge on any atom is -0.488 e. The molecule has 0 aliphatic carbocycles. The second-order valence-corrected chi connectivity index (χ2v) is 18.1. The van der Waals surface area contributed by atoms with Crippen LogP contribution in [0.1, 0.15) is 65.3 Å². The number of rotatable bonds is 13. The van der Waals surface area contributed by atoms with E-state index in [1.54, 1.807) is 30.2 Å². The van der Waals surface area contributed by atoms with E-state index < -0.39 is 30.3 Å². The number of carbonyl (C=O) groups excluding carboxylic acids is 4. The molecule has 360 valence electrons. The lowest BCUT2D eigenvalue weighted by molar-refractivity contribution is -0.135. The van der Waals surface area contributed by atoms with Crippen LogP contribution in [0.3, 0.4) is 0 Å². The number of nitrogens with zero attached hydrogens (tertiary/aromatic N) is 4. The monoisotopic (exact) mass is 946 g/mol. The predicted molar refractivity (Wildman–Crippen MR) is 259 cm³/mol. The standard InChI is InChI=1S/C53H54N8O9/c1-66-27-30-19-42(60(25-30)50(62)45(58-52(64)68-3)32-11-7-5-8-12-32)48-54-24-41(56-48)35-15-17-37-36(21-35)29-70-44-23-38-34(22-39(37)44)16-18-40-47(38)57-49(55-40)43-20-31(28-67-2)26-61(43)51(63)46(59-53(65)69-4)33-13-9-6-10-14-33/h5-18,21-24,30-31,42-43,45-46H,19-20,25-29H2,1-4H3,(H,54,56)(H,55,57)(H,58,64)(H,59,65)/t30-,31-,42-,43?,45?,46+/m0/s1. The van der Waals surface area contributed by atoms with Gasteiger partial charge >= 0.3 is 12.2 Å². The Balaban J connectivity index is 0.918. The van der Waals surface area contributed by atoms with Crippen LogP contribution in [0.15, 0.2) is 109 Å². The zero-order valence-electron chi connectivity index (χ0n) is 39.3. The van der Waals surface area contributed by atoms with Gasteiger partial charge in [-0.05, 0) is 70.3 Å². The molecule has 0 bridgehead atoms. The molecule has 2 aromatic heterocycles. The number of aromatic amines is 2. The van der Waals surface area contributed by atoms with Crippen molar-refractivity contribution in [1.82, 2.24) is 40.4 Å². The number of methoxy groups -OCH3 is 4. The molecule has 0 radical (unpaired) electrons. The fourth-order valence-corrected chi connectivity index (χ4v) is 10.4. The van der Waals surface area contributed by atoms with E-state index in [-0.39, 0.29) is 29.7 Å². The van der Waals surface area contributed by atoms with Crippen LogP contribution in [0.4, 0.5) is 9.59 Å². The van der Waals surface area contributed by atoms with E-state index in [0.29, 0.717) is 68.5 Å². The number of fused-ring (bicyclic) bond motifs is 6. The predicted octanol–water partition coefficient (Wildman–Crippen LogP) is 7.93. The van der Waals surface area contributed by atoms with Crippen molar-refractivity contribution in [2.75, 3.05) is 54.7 Å². The van der Waals surface area contributed by atoms with Crippen molar-refractivity contribution in [1.29, 1.82) is 0 Å². The molecule has 3 aliphatic rings. The molecule has 4 N–H and O–H groups in total. The lowest BCUT2D eigenvalue weighted by Gasteiger charge is -2.28. The Labute approximate surface area is 403 Å². The molecule has 2 fully saturated rings. The van der Waals surface area contributed by atoms with Gasteiger partial charge < -0.3 is 54.1 Å². The molecule has 17 nitrogen and oxygen atoms in total. The van der Waals surface area contributed by atoms with E-state index in [4.69, 9.17) is 33.7 Å². The average Bonchev–Trinajstić information content (AvgIpc) is 4.23. The molecule has 0 spiro atoms. The first kappa shape index (κ1) is 46.0. The van der Waals surface area contributed by atoms with Crippen molar-refractivity contribution >= 4 is 45.8 Å². The number of imidazole rings is 2. The molecule has 0 saturated carbocycles. The number of benzene rings is 5. The van der Waals surface area contributed by atoms with Gasteiger partial charge in [-0.2, -0.15) is 0 Å². The number of aromatic nitrogens is 4. The van der Waals surface area contributed by atoms with Crippen molar-refractivity contribution in [3.05, 3.63) is 138 Å². The van der Waals surface area contributed by atoms with Crippen LogP contribution in [0, 0.1) is 11.8 Å². The molecule has 10 rings (SSSR count). The molecule has 70 heavy (non-hydrogen) atoms. The van der Waals surface area contributed by atoms with Gasteiger partial charge in [0, 0.05) is 50.1 Å². The van der Waals surface area contributed by atoms with Crippen LogP contribution in [0.25, 0.3) is 44.2 Å². The van der Waals surface area contributed by atoms with Crippen LogP contribution >= 0.6 is 0 Å². The van der Waals surface area contributed by atoms with Crippen molar-refractivity contribution in [2.45, 2.75) is 43.6 Å². The summed E-state index contributed by atoms with van der Waals surface area (Å²) in [7, 11) is 5.85. The van der Waals surface area contributed by atoms with Gasteiger partial charge in [0.05, 0.1) is 62.4 Å². The Morgan fingerprint density at radius 1 is 0.700 bits per heavy atom. The number of hydrogen-bond acceptors (Lipinski definition) is 11. The van der Waals surface area contributed by atoms with Crippen molar-refractivity contribution in [3.63, 3.8) is 0 Å². The molecule has 5 heterocycles. The maximum absolute atomic E-state index is 14.5. The number of hydrogen-bond donors (Lipinski definition) is 4. The third-order valence-corrected chi connectivity index (χ3v) is 13.7. The minimum absolute atomic E-state index is 0.0495. The maximum Gasteiger partial charge on any atom is 0.407 e. The first-order valence-electron chi connectivity index (χ1n) is 23.3. The number of ether oxygens (including phenoxy) is 5. The van der Waals surface area contributed by atoms with Crippen LogP contribution in [0.5, 0.6) is 5.75 Å². The summed E-state index contributed by atoms with van der Waals surface area (Å²) in [5.74, 6) is 1.59. The summed E-state index contributed by atoms with van der Waals surface area (Å²) in [4.78, 5) is 74.4. The van der Waals surface area contributed by atoms with Gasteiger partial charge in [0.2, 0.25) is 0 Å². The maximum atomic E-state index is 14.5. The third kappa shape index (κ3) is 8.89. The molecule has 7 aromatic rings. The van der Waals surface area contributed by atoms with Crippen molar-refractivity contribution in [2.24, 2.45) is 11.8 Å². The zero-order valence-corrected chi connectivity index (χ0v) is 39.3. The van der Waals surface area contributed by atoms with Gasteiger partial charge in [0.1, 0.15) is 36.1 Å². The molecule has 5 aromatic carbocycles. The van der Waals surface area contributed by atoms with Crippen molar-refractivity contribution < 1.29 is 42.9 Å². The molecule has 6 atom stereocenters. The van der Waals surface area contributed by atoms with Gasteiger partial charge in [0.15, 0.2) is 0 Å². The van der Waals surface area contributed by atoms with Crippen LogP contribution < -0.4 is 15.4 Å². The second-order valence-electron chi connectivity index (χ2n) is 18.1. The number of amides is 4. The van der Waals surface area contributed by atoms with E-state index >= 15 is 0 Å². The highest BCUT2D eigenvalue weighted by atomic mass is 16.5. The van der Waals surface area contributed by atoms with Gasteiger partial charge in [-0.25, -0.2) is 19.6 Å². The second kappa shape index (κ2) is 19.7. The number of likely N-dealkylation sites (tertiary alicyclic amines) is 2. The lowest BCUT2D eigenvalue weighted by Crippen LogP contribution is -2.43. The Bertz CT molecular complexity index is 3070. The highest BCUT2D eigenvalue weighted by molar-refractivity contribution is 6.07. The van der Waals surface area contributed by atoms with E-state index in [2.05, 4.69) is 50.9 Å². The van der Waals surface area contributed by atoms with E-state index in [0.717, 1.165) is 55.5 Å². The van der Waals surface area contributed by atoms with Crippen molar-refractivity contribution in [3.8, 4) is 28.1 Å². The summed E-state index contributed by atoms with van der Waals surface area (Å²) in [5, 5.41) is 7.37. The normalized spacial score (nSPS) is 19.3. The Morgan fingerprint density at radius 3 is 1.89 bits per heavy atom. The SMILES string of the molecule is COC[C@H]1CC(c2nc3c(ccc4cc5c(cc43)OCc3cc(-c4cnc([C@@H]6C[C@H](COC)CN6C(=O)C(NC(=O)OC)c6ccccc6)[nH]4)ccc3-5)[nH]2)N(C(=O)[C@H](NC(=O)OC)c2ccccc2)C1. The van der Waals surface area contributed by atoms with Gasteiger partial charge in [-0.15, -0.1) is 0 Å². The molecule has 3 aliphatic heterocycles. The van der Waals surface area contributed by atoms with Crippen LogP contribution in [-0.4, -0.2) is 108 Å². The van der Waals surface area contributed by atoms with Gasteiger partial charge in [-0.3, -0.25) is 9.59 Å². The smallest absolute Gasteiger partial charge is 0.407 e. The summed E-state index contributed by atoms with van der Waals surface area (Å²) < 4.78 is 27.4. The topological polar surface area (TPSA) is 202 Å². The summed E-state index contributed by atoms with van der Waals surface area (Å²) in [6, 6.07) is 30.1. The molecule has 4 amide bonds. The van der Waals surface area contributed by atoms with E-state index in [1.165, 1.54) is 14.2 Å². The number of nitrogens with one attached hydrogen (secondary N) is 4. The Morgan fingerprint density at radius 2 is 1.30 bits per heavy atom. The first-order chi connectivity index (χ1) is 34.1. The quantitative estimate of drug-likeness (QED) is 0.0875. The van der Waals surface area contributed by atoms with Gasteiger partial charge in [-0.1, -0.05) is 78.9 Å². The fraction of sp³-hybridized carbons (Fsp3) is 0.321. The average molecular weight is 947 g/mol. The zero-order chi connectivity index (χ0) is 48.5. The van der Waals surface area contributed by atoms with E-state index in [9.17, 15) is 19.2 Å². The summed E-state index contributed by atoms with van der Waals surface area (Å²) in [5.41, 5.74) is 7.59. The van der Waals surface area contributed by atoms with E-state index in [1.807, 2.05) is 72.8 Å². The summed E-state index contributed by atoms with van der Waals surface area (Å²) in [6.45, 7) is 2.12. The molecule has 2 saturated heterocycles. The Hall–Kier alpha value is -7.76. The highest BCUT2D eigenvalue weighted by Gasteiger charge is 2.43. The fourth-order valence-electron chi connectivity index (χ4n) is 10.4. The molecule has 17 heteroatoms. The molecular formula is C53H54N8O9. The number of carbonyl (C=O) groups is 4. The van der Waals surface area contributed by atoms with Gasteiger partial charge in [0.25, 0.3) is 11.8 Å². The third-order valence-electron chi connectivity index (χ3n) is 13.7. The highest BCUT2D eigenvalue weighted by Crippen LogP contribution is 2.44. The largest absolute Gasteiger partial charge is 0.488 e. The van der Waals surface area contributed by atoms with Crippen LogP contribution in [0.2, 0.25) is 0 Å². The Kier molecular flexibility index (Phi) is 12.9. The molecular weight excluding hydrogens is 893 g/mol. The van der Waals surface area contributed by atoms with Crippen LogP contribution in [-0.2, 0) is 35.1 Å². The number of alkyl carbamates (subject to hydrolysis) is 2. The first-order valence-corrected chi connectivity index (χ1v) is 23.3. The number of H-pyrrole nitrogens is 2. The molecule has 2 unspecified atom stereocenters. The minimum atomic E-state index is -0.963. The summed E-state index contributed by atoms with van der Waals surface area (Å²) in [6.07, 6.45) is 1.63. The summed E-state index contributed by atoms with van der Waals surface area (Å²) >= 11 is 0. The lowest BCUT2D eigenvalue weighted by atomic mass is 9.92.